The summed E-state index contributed by atoms with van der Waals surface area (Å²) < 4.78 is 5.44. The molecule has 6 heteroatoms. The second-order valence-corrected chi connectivity index (χ2v) is 4.83. The molecular weight excluding hydrogens is 294 g/mol. The van der Waals surface area contributed by atoms with Crippen molar-refractivity contribution in [3.05, 3.63) is 74.5 Å². The number of para-hydroxylation sites is 1. The fraction of sp³-hybridized carbons (Fsp3) is 0. The van der Waals surface area contributed by atoms with E-state index >= 15 is 0 Å². The van der Waals surface area contributed by atoms with E-state index in [1.54, 1.807) is 30.3 Å². The van der Waals surface area contributed by atoms with E-state index in [0.29, 0.717) is 21.9 Å². The van der Waals surface area contributed by atoms with E-state index in [0.717, 1.165) is 0 Å². The zero-order chi connectivity index (χ0) is 15.0. The molecule has 5 nitrogen and oxygen atoms in total. The van der Waals surface area contributed by atoms with Gasteiger partial charge in [-0.1, -0.05) is 23.7 Å². The molecule has 0 spiro atoms. The molecule has 0 bridgehead atoms. The third-order valence-electron chi connectivity index (χ3n) is 3.05. The number of rotatable bonds is 2. The van der Waals surface area contributed by atoms with Crippen LogP contribution in [0.4, 0.5) is 5.69 Å². The van der Waals surface area contributed by atoms with Crippen molar-refractivity contribution in [1.82, 2.24) is 0 Å². The van der Waals surface area contributed by atoms with Crippen LogP contribution in [0.1, 0.15) is 15.9 Å². The summed E-state index contributed by atoms with van der Waals surface area (Å²) in [6.07, 6.45) is 1.37. The third-order valence-corrected chi connectivity index (χ3v) is 3.29. The fourth-order valence-electron chi connectivity index (χ4n) is 2.08. The lowest BCUT2D eigenvalue weighted by Gasteiger charge is -1.99. The van der Waals surface area contributed by atoms with Crippen LogP contribution in [0.15, 0.2) is 48.2 Å². The van der Waals surface area contributed by atoms with Gasteiger partial charge in [0, 0.05) is 11.1 Å². The van der Waals surface area contributed by atoms with Gasteiger partial charge in [-0.3, -0.25) is 14.9 Å². The van der Waals surface area contributed by atoms with Gasteiger partial charge in [-0.15, -0.1) is 0 Å². The molecule has 0 fully saturated rings. The summed E-state index contributed by atoms with van der Waals surface area (Å²) in [5.41, 5.74) is 0.576. The molecule has 0 N–H and O–H groups in total. The number of halogens is 1. The van der Waals surface area contributed by atoms with Gasteiger partial charge in [-0.05, 0) is 30.3 Å². The number of allylic oxidation sites excluding steroid dienone is 1. The van der Waals surface area contributed by atoms with Crippen LogP contribution in [-0.2, 0) is 0 Å². The molecule has 2 aromatic rings. The number of Topliss-reactive ketones (excluding diaryl/α,β-unsaturated/α-hetero) is 1. The Kier molecular flexibility index (Phi) is 3.19. The van der Waals surface area contributed by atoms with Crippen LogP contribution in [0.2, 0.25) is 5.02 Å². The minimum atomic E-state index is -0.504. The van der Waals surface area contributed by atoms with Gasteiger partial charge in [-0.25, -0.2) is 0 Å². The van der Waals surface area contributed by atoms with Crippen LogP contribution >= 0.6 is 11.6 Å². The first-order chi connectivity index (χ1) is 10.1. The van der Waals surface area contributed by atoms with Crippen LogP contribution in [-0.4, -0.2) is 10.7 Å². The second kappa shape index (κ2) is 5.03. The van der Waals surface area contributed by atoms with E-state index in [-0.39, 0.29) is 17.2 Å². The van der Waals surface area contributed by atoms with Crippen molar-refractivity contribution in [2.45, 2.75) is 0 Å². The normalized spacial score (nSPS) is 14.9. The van der Waals surface area contributed by atoms with Crippen molar-refractivity contribution in [2.24, 2.45) is 0 Å². The number of carbonyl (C=O) groups excluding carboxylic acids is 1. The molecule has 0 saturated heterocycles. The zero-order valence-corrected chi connectivity index (χ0v) is 11.3. The van der Waals surface area contributed by atoms with Crippen LogP contribution in [0, 0.1) is 10.1 Å². The van der Waals surface area contributed by atoms with E-state index in [1.165, 1.54) is 18.2 Å². The van der Waals surface area contributed by atoms with Gasteiger partial charge in [0.1, 0.15) is 5.75 Å². The smallest absolute Gasteiger partial charge is 0.276 e. The predicted octanol–water partition coefficient (Wildman–Crippen LogP) is 3.86. The van der Waals surface area contributed by atoms with Gasteiger partial charge >= 0.3 is 0 Å². The minimum absolute atomic E-state index is 0.0431. The monoisotopic (exact) mass is 301 g/mol. The molecule has 0 amide bonds. The molecule has 3 rings (SSSR count). The van der Waals surface area contributed by atoms with Gasteiger partial charge in [0.05, 0.1) is 16.1 Å². The van der Waals surface area contributed by atoms with Gasteiger partial charge in [0.25, 0.3) is 5.69 Å². The number of ketones is 1. The molecule has 0 atom stereocenters. The number of nitrogens with zero attached hydrogens (tertiary/aromatic N) is 1. The van der Waals surface area contributed by atoms with Gasteiger partial charge in [-0.2, -0.15) is 0 Å². The highest BCUT2D eigenvalue weighted by Crippen LogP contribution is 2.34. The summed E-state index contributed by atoms with van der Waals surface area (Å²) in [5, 5.41) is 11.4. The molecule has 21 heavy (non-hydrogen) atoms. The summed E-state index contributed by atoms with van der Waals surface area (Å²) >= 11 is 5.85. The molecule has 0 aromatic heterocycles. The lowest BCUT2D eigenvalue weighted by molar-refractivity contribution is -0.385. The average molecular weight is 302 g/mol. The number of nitro groups is 1. The first-order valence-corrected chi connectivity index (χ1v) is 6.41. The van der Waals surface area contributed by atoms with E-state index in [1.807, 2.05) is 0 Å². The summed E-state index contributed by atoms with van der Waals surface area (Å²) in [6, 6.07) is 10.9. The van der Waals surface area contributed by atoms with E-state index in [9.17, 15) is 14.9 Å². The maximum Gasteiger partial charge on any atom is 0.276 e. The van der Waals surface area contributed by atoms with Crippen LogP contribution in [0.5, 0.6) is 5.75 Å². The molecular formula is C15H8ClNO4. The number of ether oxygens (including phenoxy) is 1. The van der Waals surface area contributed by atoms with Crippen molar-refractivity contribution < 1.29 is 14.5 Å². The van der Waals surface area contributed by atoms with Crippen LogP contribution in [0.3, 0.4) is 0 Å². The standard InChI is InChI=1S/C15H8ClNO4/c16-10-5-6-13-11(8-10)15(18)14(21-13)7-9-3-1-2-4-12(9)17(19)20/h1-8H/b14-7-. The van der Waals surface area contributed by atoms with Crippen molar-refractivity contribution >= 4 is 29.1 Å². The lowest BCUT2D eigenvalue weighted by atomic mass is 10.1. The largest absolute Gasteiger partial charge is 0.452 e. The molecule has 0 saturated carbocycles. The Balaban J connectivity index is 2.04. The number of fused-ring (bicyclic) bond motifs is 1. The summed E-state index contributed by atoms with van der Waals surface area (Å²) in [7, 11) is 0. The molecule has 0 aliphatic carbocycles. The highest BCUT2D eigenvalue weighted by Gasteiger charge is 2.28. The summed E-state index contributed by atoms with van der Waals surface area (Å²) in [4.78, 5) is 22.7. The lowest BCUT2D eigenvalue weighted by Crippen LogP contribution is -1.99. The predicted molar refractivity (Wildman–Crippen MR) is 77.5 cm³/mol. The molecule has 0 radical (unpaired) electrons. The Bertz CT molecular complexity index is 798. The van der Waals surface area contributed by atoms with Gasteiger partial charge < -0.3 is 4.74 Å². The molecule has 1 aliphatic rings. The summed E-state index contributed by atoms with van der Waals surface area (Å²) in [5.74, 6) is 0.0986. The van der Waals surface area contributed by atoms with E-state index in [2.05, 4.69) is 0 Å². The average Bonchev–Trinajstić information content (AvgIpc) is 2.76. The number of carbonyl (C=O) groups is 1. The maximum absolute atomic E-state index is 12.2. The van der Waals surface area contributed by atoms with E-state index in [4.69, 9.17) is 16.3 Å². The molecule has 1 heterocycles. The van der Waals surface area contributed by atoms with Crippen molar-refractivity contribution in [3.8, 4) is 5.75 Å². The number of nitro benzene ring substituents is 1. The van der Waals surface area contributed by atoms with Crippen molar-refractivity contribution in [1.29, 1.82) is 0 Å². The second-order valence-electron chi connectivity index (χ2n) is 4.40. The van der Waals surface area contributed by atoms with Gasteiger partial charge in [0.15, 0.2) is 5.76 Å². The van der Waals surface area contributed by atoms with E-state index < -0.39 is 4.92 Å². The first-order valence-electron chi connectivity index (χ1n) is 6.03. The Morgan fingerprint density at radius 2 is 1.95 bits per heavy atom. The molecule has 104 valence electrons. The Labute approximate surface area is 124 Å². The highest BCUT2D eigenvalue weighted by atomic mass is 35.5. The minimum Gasteiger partial charge on any atom is -0.452 e. The first kappa shape index (κ1) is 13.3. The van der Waals surface area contributed by atoms with Crippen LogP contribution < -0.4 is 4.74 Å². The number of hydrogen-bond donors (Lipinski definition) is 0. The van der Waals surface area contributed by atoms with Crippen molar-refractivity contribution in [3.63, 3.8) is 0 Å². The number of benzene rings is 2. The molecule has 1 aliphatic heterocycles. The van der Waals surface area contributed by atoms with Gasteiger partial charge in [0.2, 0.25) is 5.78 Å². The molecule has 2 aromatic carbocycles. The maximum atomic E-state index is 12.2. The topological polar surface area (TPSA) is 69.4 Å². The third kappa shape index (κ3) is 2.39. The Hall–Kier alpha value is -2.66. The van der Waals surface area contributed by atoms with Crippen LogP contribution in [0.25, 0.3) is 6.08 Å². The summed E-state index contributed by atoms with van der Waals surface area (Å²) in [6.45, 7) is 0. The Morgan fingerprint density at radius 3 is 2.71 bits per heavy atom. The molecule has 0 unspecified atom stereocenters. The fourth-order valence-corrected chi connectivity index (χ4v) is 2.25. The Morgan fingerprint density at radius 1 is 1.19 bits per heavy atom. The highest BCUT2D eigenvalue weighted by molar-refractivity contribution is 6.31. The van der Waals surface area contributed by atoms with Crippen molar-refractivity contribution in [2.75, 3.05) is 0 Å². The quantitative estimate of drug-likeness (QED) is 0.480. The number of hydrogen-bond acceptors (Lipinski definition) is 4. The SMILES string of the molecule is O=C1/C(=C/c2ccccc2[N+](=O)[O-])Oc2ccc(Cl)cc21. The zero-order valence-electron chi connectivity index (χ0n) is 10.6.